The second-order valence-corrected chi connectivity index (χ2v) is 4.81. The molecule has 2 N–H and O–H groups in total. The number of benzene rings is 1. The third-order valence-corrected chi connectivity index (χ3v) is 3.38. The quantitative estimate of drug-likeness (QED) is 0.745. The lowest BCUT2D eigenvalue weighted by molar-refractivity contribution is 0.175. The SMILES string of the molecule is CNC(CO)CN(Cc1ccccc1)C1CC1. The highest BCUT2D eigenvalue weighted by Crippen LogP contribution is 2.28. The van der Waals surface area contributed by atoms with Gasteiger partial charge in [0.2, 0.25) is 0 Å². The van der Waals surface area contributed by atoms with Gasteiger partial charge >= 0.3 is 0 Å². The molecule has 3 heteroatoms. The fraction of sp³-hybridized carbons (Fsp3) is 0.571. The van der Waals surface area contributed by atoms with Crippen LogP contribution < -0.4 is 5.32 Å². The molecule has 94 valence electrons. The highest BCUT2D eigenvalue weighted by molar-refractivity contribution is 5.15. The Morgan fingerprint density at radius 2 is 2.06 bits per heavy atom. The number of hydrogen-bond donors (Lipinski definition) is 2. The first-order chi connectivity index (χ1) is 8.33. The maximum absolute atomic E-state index is 9.25. The number of aliphatic hydroxyl groups is 1. The Balaban J connectivity index is 1.93. The lowest BCUT2D eigenvalue weighted by atomic mass is 10.2. The minimum atomic E-state index is 0.180. The zero-order chi connectivity index (χ0) is 12.1. The Hall–Kier alpha value is -0.900. The minimum Gasteiger partial charge on any atom is -0.395 e. The van der Waals surface area contributed by atoms with Gasteiger partial charge in [-0.2, -0.15) is 0 Å². The first-order valence-electron chi connectivity index (χ1n) is 6.39. The van der Waals surface area contributed by atoms with E-state index in [0.717, 1.165) is 19.1 Å². The molecule has 1 fully saturated rings. The summed E-state index contributed by atoms with van der Waals surface area (Å²) in [6.07, 6.45) is 2.60. The van der Waals surface area contributed by atoms with Crippen molar-refractivity contribution in [3.8, 4) is 0 Å². The molecule has 0 aromatic heterocycles. The van der Waals surface area contributed by atoms with Crippen molar-refractivity contribution in [2.75, 3.05) is 20.2 Å². The molecule has 1 atom stereocenters. The summed E-state index contributed by atoms with van der Waals surface area (Å²) in [5, 5.41) is 12.4. The fourth-order valence-electron chi connectivity index (χ4n) is 2.12. The smallest absolute Gasteiger partial charge is 0.0597 e. The van der Waals surface area contributed by atoms with Crippen molar-refractivity contribution in [2.45, 2.75) is 31.5 Å². The molecule has 1 unspecified atom stereocenters. The van der Waals surface area contributed by atoms with Crippen LogP contribution in [0.15, 0.2) is 30.3 Å². The van der Waals surface area contributed by atoms with E-state index in [1.54, 1.807) is 0 Å². The standard InChI is InChI=1S/C14H22N2O/c1-15-13(11-17)10-16(14-7-8-14)9-12-5-3-2-4-6-12/h2-6,13-15,17H,7-11H2,1H3. The average Bonchev–Trinajstić information content (AvgIpc) is 3.20. The number of rotatable bonds is 7. The third-order valence-electron chi connectivity index (χ3n) is 3.38. The number of nitrogens with one attached hydrogen (secondary N) is 1. The van der Waals surface area contributed by atoms with Gasteiger partial charge in [-0.1, -0.05) is 30.3 Å². The number of likely N-dealkylation sites (N-methyl/N-ethyl adjacent to an activating group) is 1. The summed E-state index contributed by atoms with van der Waals surface area (Å²) in [4.78, 5) is 2.48. The average molecular weight is 234 g/mol. The van der Waals surface area contributed by atoms with Gasteiger partial charge in [0, 0.05) is 25.2 Å². The van der Waals surface area contributed by atoms with Crippen LogP contribution in [0.25, 0.3) is 0 Å². The van der Waals surface area contributed by atoms with Crippen LogP contribution in [-0.4, -0.2) is 42.3 Å². The van der Waals surface area contributed by atoms with Crippen LogP contribution in [0.5, 0.6) is 0 Å². The fourth-order valence-corrected chi connectivity index (χ4v) is 2.12. The van der Waals surface area contributed by atoms with Gasteiger partial charge in [0.05, 0.1) is 6.61 Å². The molecular formula is C14H22N2O. The van der Waals surface area contributed by atoms with Crippen molar-refractivity contribution in [1.82, 2.24) is 10.2 Å². The molecule has 1 aromatic rings. The molecule has 0 saturated heterocycles. The van der Waals surface area contributed by atoms with Crippen molar-refractivity contribution in [1.29, 1.82) is 0 Å². The van der Waals surface area contributed by atoms with Crippen LogP contribution in [-0.2, 0) is 6.54 Å². The molecule has 0 spiro atoms. The summed E-state index contributed by atoms with van der Waals surface area (Å²) < 4.78 is 0. The van der Waals surface area contributed by atoms with E-state index in [2.05, 4.69) is 40.5 Å². The van der Waals surface area contributed by atoms with Gasteiger partial charge < -0.3 is 10.4 Å². The lowest BCUT2D eigenvalue weighted by Crippen LogP contribution is -2.42. The Bertz CT molecular complexity index is 320. The van der Waals surface area contributed by atoms with E-state index in [1.165, 1.54) is 18.4 Å². The van der Waals surface area contributed by atoms with E-state index in [9.17, 15) is 5.11 Å². The van der Waals surface area contributed by atoms with Crippen molar-refractivity contribution in [3.63, 3.8) is 0 Å². The molecule has 3 nitrogen and oxygen atoms in total. The molecular weight excluding hydrogens is 212 g/mol. The predicted molar refractivity (Wildman–Crippen MR) is 69.8 cm³/mol. The summed E-state index contributed by atoms with van der Waals surface area (Å²) in [5.74, 6) is 0. The topological polar surface area (TPSA) is 35.5 Å². The van der Waals surface area contributed by atoms with Crippen LogP contribution in [0.3, 0.4) is 0 Å². The van der Waals surface area contributed by atoms with Crippen LogP contribution in [0.2, 0.25) is 0 Å². The Morgan fingerprint density at radius 3 is 2.59 bits per heavy atom. The summed E-state index contributed by atoms with van der Waals surface area (Å²) in [6, 6.07) is 11.5. The van der Waals surface area contributed by atoms with Gasteiger partial charge in [-0.05, 0) is 25.5 Å². The Morgan fingerprint density at radius 1 is 1.35 bits per heavy atom. The van der Waals surface area contributed by atoms with Gasteiger partial charge in [0.15, 0.2) is 0 Å². The van der Waals surface area contributed by atoms with E-state index >= 15 is 0 Å². The summed E-state index contributed by atoms with van der Waals surface area (Å²) in [5.41, 5.74) is 1.35. The maximum atomic E-state index is 9.25. The number of hydrogen-bond acceptors (Lipinski definition) is 3. The normalized spacial score (nSPS) is 17.4. The zero-order valence-electron chi connectivity index (χ0n) is 10.5. The van der Waals surface area contributed by atoms with Crippen molar-refractivity contribution in [2.24, 2.45) is 0 Å². The summed E-state index contributed by atoms with van der Waals surface area (Å²) in [6.45, 7) is 2.12. The number of aliphatic hydroxyl groups excluding tert-OH is 1. The minimum absolute atomic E-state index is 0.180. The van der Waals surface area contributed by atoms with E-state index < -0.39 is 0 Å². The van der Waals surface area contributed by atoms with Crippen LogP contribution >= 0.6 is 0 Å². The highest BCUT2D eigenvalue weighted by atomic mass is 16.3. The number of nitrogens with zero attached hydrogens (tertiary/aromatic N) is 1. The third kappa shape index (κ3) is 3.80. The first-order valence-corrected chi connectivity index (χ1v) is 6.39. The molecule has 0 aliphatic heterocycles. The van der Waals surface area contributed by atoms with Gasteiger partial charge in [-0.3, -0.25) is 4.90 Å². The highest BCUT2D eigenvalue weighted by Gasteiger charge is 2.30. The van der Waals surface area contributed by atoms with Crippen molar-refractivity contribution < 1.29 is 5.11 Å². The second kappa shape index (κ2) is 6.15. The van der Waals surface area contributed by atoms with E-state index in [-0.39, 0.29) is 12.6 Å². The summed E-state index contributed by atoms with van der Waals surface area (Å²) >= 11 is 0. The Labute approximate surface area is 103 Å². The maximum Gasteiger partial charge on any atom is 0.0597 e. The zero-order valence-corrected chi connectivity index (χ0v) is 10.5. The molecule has 1 aliphatic carbocycles. The molecule has 0 bridgehead atoms. The van der Waals surface area contributed by atoms with E-state index in [1.807, 2.05) is 7.05 Å². The molecule has 1 aromatic carbocycles. The lowest BCUT2D eigenvalue weighted by Gasteiger charge is -2.26. The molecule has 1 saturated carbocycles. The predicted octanol–water partition coefficient (Wildman–Crippen LogP) is 1.23. The largest absolute Gasteiger partial charge is 0.395 e. The van der Waals surface area contributed by atoms with Crippen molar-refractivity contribution in [3.05, 3.63) is 35.9 Å². The van der Waals surface area contributed by atoms with Crippen molar-refractivity contribution >= 4 is 0 Å². The van der Waals surface area contributed by atoms with Crippen LogP contribution in [0.4, 0.5) is 0 Å². The monoisotopic (exact) mass is 234 g/mol. The Kier molecular flexibility index (Phi) is 4.54. The van der Waals surface area contributed by atoms with E-state index in [4.69, 9.17) is 0 Å². The van der Waals surface area contributed by atoms with Gasteiger partial charge in [-0.25, -0.2) is 0 Å². The molecule has 17 heavy (non-hydrogen) atoms. The molecule has 0 radical (unpaired) electrons. The van der Waals surface area contributed by atoms with E-state index in [0.29, 0.717) is 0 Å². The van der Waals surface area contributed by atoms with Crippen LogP contribution in [0.1, 0.15) is 18.4 Å². The first kappa shape index (κ1) is 12.6. The molecule has 0 amide bonds. The van der Waals surface area contributed by atoms with Gasteiger partial charge in [0.25, 0.3) is 0 Å². The second-order valence-electron chi connectivity index (χ2n) is 4.81. The molecule has 2 rings (SSSR count). The molecule has 1 aliphatic rings. The molecule has 0 heterocycles. The van der Waals surface area contributed by atoms with Gasteiger partial charge in [0.1, 0.15) is 0 Å². The van der Waals surface area contributed by atoms with Crippen LogP contribution in [0, 0.1) is 0 Å². The van der Waals surface area contributed by atoms with Gasteiger partial charge in [-0.15, -0.1) is 0 Å². The summed E-state index contributed by atoms with van der Waals surface area (Å²) in [7, 11) is 1.91.